The number of nitro benzene ring substituents is 1. The van der Waals surface area contributed by atoms with E-state index in [1.54, 1.807) is 13.0 Å². The monoisotopic (exact) mass is 421 g/mol. The predicted octanol–water partition coefficient (Wildman–Crippen LogP) is 3.28. The Morgan fingerprint density at radius 1 is 1.45 bits per heavy atom. The number of benzene rings is 1. The number of aryl methyl sites for hydroxylation is 1. The third-order valence-corrected chi connectivity index (χ3v) is 4.85. The van der Waals surface area contributed by atoms with Gasteiger partial charge >= 0.3 is 5.69 Å². The number of thiazole rings is 1. The highest BCUT2D eigenvalue weighted by Gasteiger charge is 2.22. The number of rotatable bonds is 10. The lowest BCUT2D eigenvalue weighted by Crippen LogP contribution is -2.17. The Labute approximate surface area is 171 Å². The molecule has 0 radical (unpaired) electrons. The highest BCUT2D eigenvalue weighted by atomic mass is 32.1. The molecular weight excluding hydrogens is 398 g/mol. The summed E-state index contributed by atoms with van der Waals surface area (Å²) in [5.74, 6) is -0.176. The van der Waals surface area contributed by atoms with Gasteiger partial charge in [-0.3, -0.25) is 14.9 Å². The van der Waals surface area contributed by atoms with E-state index in [0.29, 0.717) is 22.7 Å². The zero-order valence-electron chi connectivity index (χ0n) is 16.4. The molecule has 0 saturated carbocycles. The number of aromatic nitrogens is 1. The quantitative estimate of drug-likeness (QED) is 0.259. The van der Waals surface area contributed by atoms with Crippen molar-refractivity contribution in [1.29, 1.82) is 0 Å². The minimum atomic E-state index is -0.545. The zero-order valence-corrected chi connectivity index (χ0v) is 17.2. The molecule has 11 heteroatoms. The lowest BCUT2D eigenvalue weighted by atomic mass is 10.2. The number of nitrogens with two attached hydrogens (primary N) is 1. The number of methoxy groups -OCH3 is 1. The number of hydrogen-bond donors (Lipinski definition) is 2. The van der Waals surface area contributed by atoms with Crippen LogP contribution < -0.4 is 20.6 Å². The number of nitrogens with zero attached hydrogens (tertiary/aromatic N) is 3. The zero-order chi connectivity index (χ0) is 21.4. The second kappa shape index (κ2) is 10.4. The van der Waals surface area contributed by atoms with Gasteiger partial charge < -0.3 is 15.2 Å². The molecule has 0 aliphatic carbocycles. The lowest BCUT2D eigenvalue weighted by molar-refractivity contribution is -0.386. The summed E-state index contributed by atoms with van der Waals surface area (Å²) in [6.45, 7) is 4.08. The van der Waals surface area contributed by atoms with Crippen LogP contribution in [0, 0.1) is 17.0 Å². The van der Waals surface area contributed by atoms with Crippen LogP contribution in [0.3, 0.4) is 0 Å². The molecule has 0 fully saturated rings. The number of nitrogen functional groups attached to an aromatic ring is 1. The molecular formula is C18H23N5O5S. The molecule has 1 aromatic heterocycles. The Morgan fingerprint density at radius 3 is 2.79 bits per heavy atom. The summed E-state index contributed by atoms with van der Waals surface area (Å²) in [4.78, 5) is 27.4. The van der Waals surface area contributed by atoms with E-state index in [4.69, 9.17) is 15.2 Å². The van der Waals surface area contributed by atoms with Crippen LogP contribution in [-0.2, 0) is 0 Å². The van der Waals surface area contributed by atoms with Gasteiger partial charge in [-0.15, -0.1) is 0 Å². The van der Waals surface area contributed by atoms with Crippen LogP contribution >= 0.6 is 11.3 Å². The van der Waals surface area contributed by atoms with E-state index in [2.05, 4.69) is 22.4 Å². The van der Waals surface area contributed by atoms with Crippen molar-refractivity contribution in [2.24, 2.45) is 5.10 Å². The largest absolute Gasteiger partial charge is 0.493 e. The fourth-order valence-corrected chi connectivity index (χ4v) is 3.21. The maximum absolute atomic E-state index is 12.1. The Balaban J connectivity index is 2.18. The number of amides is 1. The molecule has 0 unspecified atom stereocenters. The first-order chi connectivity index (χ1) is 13.9. The van der Waals surface area contributed by atoms with Crippen molar-refractivity contribution >= 4 is 34.3 Å². The fourth-order valence-electron chi connectivity index (χ4n) is 2.49. The Morgan fingerprint density at radius 2 is 2.21 bits per heavy atom. The Hall–Kier alpha value is -3.21. The van der Waals surface area contributed by atoms with E-state index in [0.717, 1.165) is 30.6 Å². The first-order valence-corrected chi connectivity index (χ1v) is 9.74. The van der Waals surface area contributed by atoms with Gasteiger partial charge in [0.25, 0.3) is 5.91 Å². The number of unbranched alkanes of at least 4 members (excludes halogenated alkanes) is 2. The van der Waals surface area contributed by atoms with Crippen molar-refractivity contribution in [2.75, 3.05) is 19.5 Å². The fraction of sp³-hybridized carbons (Fsp3) is 0.389. The van der Waals surface area contributed by atoms with Gasteiger partial charge in [-0.1, -0.05) is 31.1 Å². The maximum Gasteiger partial charge on any atom is 0.315 e. The van der Waals surface area contributed by atoms with Gasteiger partial charge in [-0.05, 0) is 19.4 Å². The van der Waals surface area contributed by atoms with Gasteiger partial charge in [0.1, 0.15) is 4.88 Å². The molecule has 0 aliphatic rings. The van der Waals surface area contributed by atoms with Crippen molar-refractivity contribution in [3.05, 3.63) is 38.4 Å². The van der Waals surface area contributed by atoms with Crippen LogP contribution in [0.25, 0.3) is 0 Å². The van der Waals surface area contributed by atoms with Crippen molar-refractivity contribution in [1.82, 2.24) is 10.4 Å². The van der Waals surface area contributed by atoms with Crippen LogP contribution in [0.2, 0.25) is 0 Å². The van der Waals surface area contributed by atoms with Crippen molar-refractivity contribution in [3.8, 4) is 11.5 Å². The number of carbonyl (C=O) groups excluding carboxylic acids is 1. The Bertz CT molecular complexity index is 912. The second-order valence-electron chi connectivity index (χ2n) is 6.05. The van der Waals surface area contributed by atoms with Crippen LogP contribution in [0.1, 0.15) is 47.1 Å². The van der Waals surface area contributed by atoms with Crippen LogP contribution in [0.5, 0.6) is 11.5 Å². The molecule has 3 N–H and O–H groups in total. The third-order valence-electron chi connectivity index (χ3n) is 3.87. The molecule has 1 amide bonds. The maximum atomic E-state index is 12.1. The van der Waals surface area contributed by atoms with Crippen LogP contribution in [-0.4, -0.2) is 35.7 Å². The van der Waals surface area contributed by atoms with E-state index in [-0.39, 0.29) is 22.3 Å². The van der Waals surface area contributed by atoms with Crippen molar-refractivity contribution in [2.45, 2.75) is 33.1 Å². The summed E-state index contributed by atoms with van der Waals surface area (Å²) in [7, 11) is 1.40. The Kier molecular flexibility index (Phi) is 7.89. The molecule has 0 atom stereocenters. The van der Waals surface area contributed by atoms with Crippen LogP contribution in [0.15, 0.2) is 17.2 Å². The molecule has 2 aromatic rings. The number of hydrazone groups is 1. The van der Waals surface area contributed by atoms with Gasteiger partial charge in [0.15, 0.2) is 10.9 Å². The van der Waals surface area contributed by atoms with Crippen molar-refractivity contribution in [3.63, 3.8) is 0 Å². The third kappa shape index (κ3) is 5.88. The number of carbonyl (C=O) groups is 1. The molecule has 29 heavy (non-hydrogen) atoms. The average molecular weight is 421 g/mol. The minimum Gasteiger partial charge on any atom is -0.493 e. The highest BCUT2D eigenvalue weighted by Crippen LogP contribution is 2.38. The van der Waals surface area contributed by atoms with Gasteiger partial charge in [0.2, 0.25) is 5.75 Å². The molecule has 0 saturated heterocycles. The topological polar surface area (TPSA) is 142 Å². The van der Waals surface area contributed by atoms with Crippen molar-refractivity contribution < 1.29 is 19.2 Å². The van der Waals surface area contributed by atoms with Gasteiger partial charge in [-0.25, -0.2) is 10.4 Å². The smallest absolute Gasteiger partial charge is 0.315 e. The number of ether oxygens (including phenoxy) is 2. The van der Waals surface area contributed by atoms with Gasteiger partial charge in [0.05, 0.1) is 30.5 Å². The van der Waals surface area contributed by atoms with E-state index in [9.17, 15) is 14.9 Å². The first kappa shape index (κ1) is 22.1. The number of nitrogens with one attached hydrogen (secondary N) is 1. The molecule has 0 bridgehead atoms. The molecule has 0 spiro atoms. The highest BCUT2D eigenvalue weighted by molar-refractivity contribution is 7.17. The summed E-state index contributed by atoms with van der Waals surface area (Å²) < 4.78 is 10.8. The van der Waals surface area contributed by atoms with E-state index >= 15 is 0 Å². The molecule has 10 nitrogen and oxygen atoms in total. The SMILES string of the molecule is CCCCCOc1c(OC)cc(/C=N\NC(=O)c2sc(N)nc2C)cc1[N+](=O)[O-]. The predicted molar refractivity (Wildman–Crippen MR) is 111 cm³/mol. The number of hydrogen-bond acceptors (Lipinski definition) is 9. The summed E-state index contributed by atoms with van der Waals surface area (Å²) in [5.41, 5.74) is 8.57. The normalized spacial score (nSPS) is 10.9. The van der Waals surface area contributed by atoms with E-state index in [1.165, 1.54) is 19.4 Å². The summed E-state index contributed by atoms with van der Waals surface area (Å²) >= 11 is 1.05. The lowest BCUT2D eigenvalue weighted by Gasteiger charge is -2.11. The molecule has 0 aliphatic heterocycles. The molecule has 156 valence electrons. The van der Waals surface area contributed by atoms with Gasteiger partial charge in [0, 0.05) is 11.6 Å². The number of anilines is 1. The van der Waals surface area contributed by atoms with E-state index < -0.39 is 10.8 Å². The molecule has 2 rings (SSSR count). The number of nitro groups is 1. The first-order valence-electron chi connectivity index (χ1n) is 8.92. The standard InChI is InChI=1S/C18H23N5O5S/c1-4-5-6-7-28-15-13(23(25)26)8-12(9-14(15)27-3)10-20-22-17(24)16-11(2)21-18(19)29-16/h8-10H,4-7H2,1-3H3,(H2,19,21)(H,22,24)/b20-10-. The molecule has 1 aromatic carbocycles. The van der Waals surface area contributed by atoms with E-state index in [1.807, 2.05) is 0 Å². The summed E-state index contributed by atoms with van der Waals surface area (Å²) in [5, 5.41) is 15.6. The van der Waals surface area contributed by atoms with Crippen LogP contribution in [0.4, 0.5) is 10.8 Å². The average Bonchev–Trinajstić information content (AvgIpc) is 3.03. The molecule has 1 heterocycles. The second-order valence-corrected chi connectivity index (χ2v) is 7.08. The summed E-state index contributed by atoms with van der Waals surface area (Å²) in [6, 6.07) is 2.86. The van der Waals surface area contributed by atoms with Gasteiger partial charge in [-0.2, -0.15) is 5.10 Å². The minimum absolute atomic E-state index is 0.0746. The summed E-state index contributed by atoms with van der Waals surface area (Å²) in [6.07, 6.45) is 4.05.